The Kier molecular flexibility index (Phi) is 5.20. The van der Waals surface area contributed by atoms with E-state index in [-0.39, 0.29) is 36.8 Å². The topological polar surface area (TPSA) is 65.5 Å². The molecule has 1 unspecified atom stereocenters. The highest BCUT2D eigenvalue weighted by molar-refractivity contribution is 6.33. The SMILES string of the molecule is C=C1CC(COc2ccc(-c3noc(-c4cn5cc(C)cc(Cl)c5n4)n3)cc2C)CC1(F)F. The monoisotopic (exact) mass is 470 g/mol. The van der Waals surface area contributed by atoms with Gasteiger partial charge in [-0.05, 0) is 61.2 Å². The average molecular weight is 471 g/mol. The first-order valence-electron chi connectivity index (χ1n) is 10.5. The number of halogens is 3. The minimum absolute atomic E-state index is 0.0147. The van der Waals surface area contributed by atoms with Crippen molar-refractivity contribution < 1.29 is 18.0 Å². The standard InChI is InChI=1S/C24H21ClF2N4O2/c1-13-6-18(25)22-28-19(11-31(22)10-13)23-29-21(30-33-23)17-4-5-20(14(2)7-17)32-12-16-8-15(3)24(26,27)9-16/h4-7,10-11,16H,3,8-9,12H2,1-2H3. The Morgan fingerprint density at radius 2 is 2.06 bits per heavy atom. The van der Waals surface area contributed by atoms with Crippen LogP contribution >= 0.6 is 11.6 Å². The minimum Gasteiger partial charge on any atom is -0.493 e. The van der Waals surface area contributed by atoms with Crippen LogP contribution in [0.2, 0.25) is 5.02 Å². The maximum atomic E-state index is 13.7. The van der Waals surface area contributed by atoms with Gasteiger partial charge in [-0.15, -0.1) is 0 Å². The Morgan fingerprint density at radius 3 is 2.79 bits per heavy atom. The van der Waals surface area contributed by atoms with Gasteiger partial charge in [0, 0.05) is 30.3 Å². The molecule has 3 aromatic heterocycles. The second-order valence-electron chi connectivity index (χ2n) is 8.52. The molecule has 9 heteroatoms. The maximum Gasteiger partial charge on any atom is 0.278 e. The molecule has 1 aliphatic carbocycles. The van der Waals surface area contributed by atoms with Crippen molar-refractivity contribution in [3.63, 3.8) is 0 Å². The number of allylic oxidation sites excluding steroid dienone is 1. The molecule has 170 valence electrons. The summed E-state index contributed by atoms with van der Waals surface area (Å²) in [6.07, 6.45) is 3.76. The van der Waals surface area contributed by atoms with E-state index >= 15 is 0 Å². The van der Waals surface area contributed by atoms with Gasteiger partial charge in [0.1, 0.15) is 11.4 Å². The van der Waals surface area contributed by atoms with E-state index < -0.39 is 5.92 Å². The molecule has 5 rings (SSSR count). The highest BCUT2D eigenvalue weighted by Gasteiger charge is 2.43. The summed E-state index contributed by atoms with van der Waals surface area (Å²) in [4.78, 5) is 8.97. The first-order valence-corrected chi connectivity index (χ1v) is 10.9. The number of pyridine rings is 1. The molecule has 33 heavy (non-hydrogen) atoms. The number of imidazole rings is 1. The molecule has 0 spiro atoms. The second-order valence-corrected chi connectivity index (χ2v) is 8.93. The molecule has 4 aromatic rings. The van der Waals surface area contributed by atoms with Crippen LogP contribution in [0.15, 0.2) is 53.3 Å². The van der Waals surface area contributed by atoms with Gasteiger partial charge in [-0.2, -0.15) is 4.98 Å². The normalized spacial score (nSPS) is 17.7. The lowest BCUT2D eigenvalue weighted by Crippen LogP contribution is -2.14. The predicted molar refractivity (Wildman–Crippen MR) is 121 cm³/mol. The van der Waals surface area contributed by atoms with Crippen LogP contribution in [0.25, 0.3) is 28.6 Å². The number of benzene rings is 1. The molecule has 3 heterocycles. The fraction of sp³-hybridized carbons (Fsp3) is 0.292. The molecule has 1 saturated carbocycles. The largest absolute Gasteiger partial charge is 0.493 e. The van der Waals surface area contributed by atoms with Crippen LogP contribution in [0.1, 0.15) is 24.0 Å². The lowest BCUT2D eigenvalue weighted by atomic mass is 10.1. The molecule has 0 saturated heterocycles. The number of ether oxygens (including phenoxy) is 1. The van der Waals surface area contributed by atoms with E-state index in [1.54, 1.807) is 12.3 Å². The van der Waals surface area contributed by atoms with E-state index in [2.05, 4.69) is 21.7 Å². The summed E-state index contributed by atoms with van der Waals surface area (Å²) in [5.74, 6) is -1.72. The van der Waals surface area contributed by atoms with Gasteiger partial charge >= 0.3 is 0 Å². The number of fused-ring (bicyclic) bond motifs is 1. The number of hydrogen-bond donors (Lipinski definition) is 0. The van der Waals surface area contributed by atoms with Crippen molar-refractivity contribution >= 4 is 17.2 Å². The van der Waals surface area contributed by atoms with Crippen molar-refractivity contribution in [3.05, 3.63) is 65.0 Å². The molecule has 1 atom stereocenters. The molecule has 0 radical (unpaired) electrons. The first-order chi connectivity index (χ1) is 15.7. The maximum absolute atomic E-state index is 13.7. The van der Waals surface area contributed by atoms with Crippen molar-refractivity contribution in [1.29, 1.82) is 0 Å². The van der Waals surface area contributed by atoms with E-state index in [1.807, 2.05) is 42.6 Å². The van der Waals surface area contributed by atoms with Crippen molar-refractivity contribution in [2.75, 3.05) is 6.61 Å². The highest BCUT2D eigenvalue weighted by atomic mass is 35.5. The molecule has 0 aliphatic heterocycles. The number of aromatic nitrogens is 4. The molecular formula is C24H21ClF2N4O2. The molecule has 0 bridgehead atoms. The summed E-state index contributed by atoms with van der Waals surface area (Å²) < 4.78 is 40.4. The fourth-order valence-corrected chi connectivity index (χ4v) is 4.40. The van der Waals surface area contributed by atoms with Crippen LogP contribution in [-0.4, -0.2) is 32.1 Å². The predicted octanol–water partition coefficient (Wildman–Crippen LogP) is 6.30. The minimum atomic E-state index is -2.80. The Morgan fingerprint density at radius 1 is 1.24 bits per heavy atom. The first kappa shape index (κ1) is 21.6. The zero-order valence-electron chi connectivity index (χ0n) is 18.1. The Hall–Kier alpha value is -3.26. The number of hydrogen-bond acceptors (Lipinski definition) is 5. The van der Waals surface area contributed by atoms with Crippen LogP contribution in [0.4, 0.5) is 8.78 Å². The zero-order valence-corrected chi connectivity index (χ0v) is 18.9. The Bertz CT molecular complexity index is 1380. The van der Waals surface area contributed by atoms with Gasteiger partial charge < -0.3 is 13.7 Å². The van der Waals surface area contributed by atoms with Gasteiger partial charge in [0.2, 0.25) is 5.82 Å². The molecule has 0 amide bonds. The quantitative estimate of drug-likeness (QED) is 0.320. The number of rotatable bonds is 5. The summed E-state index contributed by atoms with van der Waals surface area (Å²) in [6.45, 7) is 7.53. The van der Waals surface area contributed by atoms with Crippen molar-refractivity contribution in [3.8, 4) is 28.7 Å². The van der Waals surface area contributed by atoms with Gasteiger partial charge in [0.15, 0.2) is 5.65 Å². The molecule has 6 nitrogen and oxygen atoms in total. The summed E-state index contributed by atoms with van der Waals surface area (Å²) in [5.41, 5.74) is 3.71. The van der Waals surface area contributed by atoms with Crippen LogP contribution in [0.5, 0.6) is 5.75 Å². The molecule has 1 aliphatic rings. The van der Waals surface area contributed by atoms with Gasteiger partial charge in [-0.3, -0.25) is 0 Å². The van der Waals surface area contributed by atoms with Gasteiger partial charge in [-0.1, -0.05) is 23.3 Å². The molecular weight excluding hydrogens is 450 g/mol. The third-order valence-electron chi connectivity index (χ3n) is 5.79. The van der Waals surface area contributed by atoms with E-state index in [0.29, 0.717) is 27.9 Å². The highest BCUT2D eigenvalue weighted by Crippen LogP contribution is 2.42. The third-order valence-corrected chi connectivity index (χ3v) is 6.07. The van der Waals surface area contributed by atoms with Gasteiger partial charge in [0.25, 0.3) is 11.8 Å². The number of alkyl halides is 2. The van der Waals surface area contributed by atoms with Crippen LogP contribution in [0.3, 0.4) is 0 Å². The van der Waals surface area contributed by atoms with E-state index in [0.717, 1.165) is 16.7 Å². The van der Waals surface area contributed by atoms with Crippen LogP contribution < -0.4 is 4.74 Å². The molecule has 1 fully saturated rings. The summed E-state index contributed by atoms with van der Waals surface area (Å²) >= 11 is 6.28. The summed E-state index contributed by atoms with van der Waals surface area (Å²) in [5, 5.41) is 4.61. The van der Waals surface area contributed by atoms with Crippen molar-refractivity contribution in [2.45, 2.75) is 32.6 Å². The third kappa shape index (κ3) is 4.11. The summed E-state index contributed by atoms with van der Waals surface area (Å²) in [6, 6.07) is 7.31. The zero-order chi connectivity index (χ0) is 23.3. The van der Waals surface area contributed by atoms with Gasteiger partial charge in [0.05, 0.1) is 11.6 Å². The lowest BCUT2D eigenvalue weighted by Gasteiger charge is -2.14. The Labute approximate surface area is 193 Å². The summed E-state index contributed by atoms with van der Waals surface area (Å²) in [7, 11) is 0. The molecule has 1 aromatic carbocycles. The number of aryl methyl sites for hydroxylation is 2. The van der Waals surface area contributed by atoms with Crippen molar-refractivity contribution in [2.24, 2.45) is 5.92 Å². The molecule has 0 N–H and O–H groups in total. The second kappa shape index (κ2) is 7.95. The number of nitrogens with zero attached hydrogens (tertiary/aromatic N) is 4. The van der Waals surface area contributed by atoms with Crippen LogP contribution in [-0.2, 0) is 0 Å². The average Bonchev–Trinajstić information content (AvgIpc) is 3.44. The lowest BCUT2D eigenvalue weighted by molar-refractivity contribution is 0.0378. The smallest absolute Gasteiger partial charge is 0.278 e. The van der Waals surface area contributed by atoms with E-state index in [1.165, 1.54) is 0 Å². The van der Waals surface area contributed by atoms with Gasteiger partial charge in [-0.25, -0.2) is 13.8 Å². The van der Waals surface area contributed by atoms with E-state index in [9.17, 15) is 8.78 Å². The Balaban J connectivity index is 1.32. The van der Waals surface area contributed by atoms with Crippen molar-refractivity contribution in [1.82, 2.24) is 19.5 Å². The van der Waals surface area contributed by atoms with Crippen LogP contribution in [0, 0.1) is 19.8 Å². The van der Waals surface area contributed by atoms with E-state index in [4.69, 9.17) is 20.9 Å². The fourth-order valence-electron chi connectivity index (χ4n) is 4.09.